The first-order chi connectivity index (χ1) is 9.61. The van der Waals surface area contributed by atoms with Gasteiger partial charge in [-0.25, -0.2) is 4.98 Å². The Morgan fingerprint density at radius 3 is 3.20 bits per heavy atom. The summed E-state index contributed by atoms with van der Waals surface area (Å²) in [5.41, 5.74) is 7.72. The molecule has 0 aliphatic carbocycles. The van der Waals surface area contributed by atoms with Gasteiger partial charge in [0.25, 0.3) is 0 Å². The van der Waals surface area contributed by atoms with Gasteiger partial charge in [0.1, 0.15) is 5.65 Å². The molecule has 0 radical (unpaired) electrons. The highest BCUT2D eigenvalue weighted by Crippen LogP contribution is 2.29. The molecule has 1 amide bonds. The van der Waals surface area contributed by atoms with Gasteiger partial charge in [0, 0.05) is 30.9 Å². The second-order valence-electron chi connectivity index (χ2n) is 5.97. The SMILES string of the molecule is CC1(CN)CCN(C(=O)Cc2c[nH]c3ncccc23)C1. The van der Waals surface area contributed by atoms with Crippen LogP contribution in [-0.2, 0) is 11.2 Å². The van der Waals surface area contributed by atoms with Crippen LogP contribution in [0, 0.1) is 5.41 Å². The van der Waals surface area contributed by atoms with Crippen LogP contribution in [0.4, 0.5) is 0 Å². The Hall–Kier alpha value is -1.88. The summed E-state index contributed by atoms with van der Waals surface area (Å²) in [5, 5.41) is 1.03. The minimum Gasteiger partial charge on any atom is -0.346 e. The van der Waals surface area contributed by atoms with Gasteiger partial charge in [0.2, 0.25) is 5.91 Å². The standard InChI is InChI=1S/C15H20N4O/c1-15(9-16)4-6-19(10-15)13(20)7-11-8-18-14-12(11)3-2-5-17-14/h2-3,5,8H,4,6-7,9-10,16H2,1H3,(H,17,18). The second-order valence-corrected chi connectivity index (χ2v) is 5.97. The molecular formula is C15H20N4O. The molecular weight excluding hydrogens is 252 g/mol. The van der Waals surface area contributed by atoms with E-state index in [4.69, 9.17) is 5.73 Å². The van der Waals surface area contributed by atoms with Crippen LogP contribution in [-0.4, -0.2) is 40.4 Å². The molecule has 3 heterocycles. The summed E-state index contributed by atoms with van der Waals surface area (Å²) in [4.78, 5) is 21.7. The van der Waals surface area contributed by atoms with Gasteiger partial charge >= 0.3 is 0 Å². The third kappa shape index (κ3) is 2.29. The molecule has 0 spiro atoms. The van der Waals surface area contributed by atoms with Crippen LogP contribution in [0.3, 0.4) is 0 Å². The molecule has 3 rings (SSSR count). The Morgan fingerprint density at radius 2 is 2.45 bits per heavy atom. The number of aromatic amines is 1. The summed E-state index contributed by atoms with van der Waals surface area (Å²) in [6.07, 6.45) is 5.04. The fourth-order valence-corrected chi connectivity index (χ4v) is 2.84. The average molecular weight is 272 g/mol. The normalized spacial score (nSPS) is 22.6. The maximum atomic E-state index is 12.4. The van der Waals surface area contributed by atoms with Crippen molar-refractivity contribution in [2.45, 2.75) is 19.8 Å². The van der Waals surface area contributed by atoms with E-state index in [2.05, 4.69) is 16.9 Å². The smallest absolute Gasteiger partial charge is 0.227 e. The van der Waals surface area contributed by atoms with E-state index in [-0.39, 0.29) is 11.3 Å². The second kappa shape index (κ2) is 4.90. The van der Waals surface area contributed by atoms with Gasteiger partial charge in [-0.05, 0) is 36.1 Å². The Balaban J connectivity index is 1.74. The zero-order chi connectivity index (χ0) is 14.2. The summed E-state index contributed by atoms with van der Waals surface area (Å²) in [6, 6.07) is 3.89. The number of hydrogen-bond acceptors (Lipinski definition) is 3. The molecule has 1 unspecified atom stereocenters. The number of fused-ring (bicyclic) bond motifs is 1. The molecule has 3 N–H and O–H groups in total. The number of amides is 1. The minimum absolute atomic E-state index is 0.0808. The number of carbonyl (C=O) groups excluding carboxylic acids is 1. The fourth-order valence-electron chi connectivity index (χ4n) is 2.84. The first-order valence-corrected chi connectivity index (χ1v) is 7.00. The van der Waals surface area contributed by atoms with Crippen molar-refractivity contribution in [1.29, 1.82) is 0 Å². The van der Waals surface area contributed by atoms with E-state index >= 15 is 0 Å². The Labute approximate surface area is 118 Å². The summed E-state index contributed by atoms with van der Waals surface area (Å²) in [7, 11) is 0. The summed E-state index contributed by atoms with van der Waals surface area (Å²) in [6.45, 7) is 4.36. The first-order valence-electron chi connectivity index (χ1n) is 7.00. The number of H-pyrrole nitrogens is 1. The van der Waals surface area contributed by atoms with Crippen LogP contribution in [0.5, 0.6) is 0 Å². The fraction of sp³-hybridized carbons (Fsp3) is 0.467. The van der Waals surface area contributed by atoms with Crippen molar-refractivity contribution in [3.63, 3.8) is 0 Å². The topological polar surface area (TPSA) is 75.0 Å². The van der Waals surface area contributed by atoms with E-state index in [0.717, 1.165) is 36.1 Å². The average Bonchev–Trinajstić information content (AvgIpc) is 3.04. The molecule has 1 fully saturated rings. The minimum atomic E-state index is 0.0808. The number of nitrogens with two attached hydrogens (primary N) is 1. The lowest BCUT2D eigenvalue weighted by atomic mass is 9.90. The summed E-state index contributed by atoms with van der Waals surface area (Å²) >= 11 is 0. The number of hydrogen-bond donors (Lipinski definition) is 2. The third-order valence-electron chi connectivity index (χ3n) is 4.28. The van der Waals surface area contributed by atoms with Crippen molar-refractivity contribution in [1.82, 2.24) is 14.9 Å². The van der Waals surface area contributed by atoms with Crippen LogP contribution in [0.2, 0.25) is 0 Å². The van der Waals surface area contributed by atoms with E-state index in [0.29, 0.717) is 13.0 Å². The molecule has 1 saturated heterocycles. The lowest BCUT2D eigenvalue weighted by Gasteiger charge is -2.22. The molecule has 0 saturated carbocycles. The molecule has 106 valence electrons. The first kappa shape index (κ1) is 13.1. The van der Waals surface area contributed by atoms with Gasteiger partial charge < -0.3 is 15.6 Å². The molecule has 2 aromatic heterocycles. The third-order valence-corrected chi connectivity index (χ3v) is 4.28. The van der Waals surface area contributed by atoms with E-state index in [1.165, 1.54) is 0 Å². The quantitative estimate of drug-likeness (QED) is 0.884. The number of aromatic nitrogens is 2. The number of rotatable bonds is 3. The highest BCUT2D eigenvalue weighted by Gasteiger charge is 2.34. The van der Waals surface area contributed by atoms with Crippen LogP contribution in [0.25, 0.3) is 11.0 Å². The molecule has 5 heteroatoms. The molecule has 1 aliphatic heterocycles. The van der Waals surface area contributed by atoms with Crippen molar-refractivity contribution < 1.29 is 4.79 Å². The van der Waals surface area contributed by atoms with Gasteiger partial charge in [-0.2, -0.15) is 0 Å². The van der Waals surface area contributed by atoms with Gasteiger partial charge in [0.15, 0.2) is 0 Å². The van der Waals surface area contributed by atoms with Gasteiger partial charge in [-0.15, -0.1) is 0 Å². The number of carbonyl (C=O) groups is 1. The highest BCUT2D eigenvalue weighted by molar-refractivity contribution is 5.87. The highest BCUT2D eigenvalue weighted by atomic mass is 16.2. The number of likely N-dealkylation sites (tertiary alicyclic amines) is 1. The maximum Gasteiger partial charge on any atom is 0.227 e. The summed E-state index contributed by atoms with van der Waals surface area (Å²) in [5.74, 6) is 0.173. The summed E-state index contributed by atoms with van der Waals surface area (Å²) < 4.78 is 0. The molecule has 0 bridgehead atoms. The molecule has 1 aliphatic rings. The van der Waals surface area contributed by atoms with Crippen molar-refractivity contribution in [2.24, 2.45) is 11.1 Å². The predicted octanol–water partition coefficient (Wildman–Crippen LogP) is 1.30. The van der Waals surface area contributed by atoms with Gasteiger partial charge in [0.05, 0.1) is 6.42 Å². The van der Waals surface area contributed by atoms with Crippen molar-refractivity contribution in [3.8, 4) is 0 Å². The van der Waals surface area contributed by atoms with Crippen LogP contribution in [0.1, 0.15) is 18.9 Å². The molecule has 1 atom stereocenters. The zero-order valence-electron chi connectivity index (χ0n) is 11.7. The van der Waals surface area contributed by atoms with Crippen molar-refractivity contribution in [2.75, 3.05) is 19.6 Å². The largest absolute Gasteiger partial charge is 0.346 e. The number of pyridine rings is 1. The molecule has 20 heavy (non-hydrogen) atoms. The molecule has 5 nitrogen and oxygen atoms in total. The van der Waals surface area contributed by atoms with E-state index in [1.54, 1.807) is 6.20 Å². The molecule has 0 aromatic carbocycles. The monoisotopic (exact) mass is 272 g/mol. The number of nitrogens with one attached hydrogen (secondary N) is 1. The number of nitrogens with zero attached hydrogens (tertiary/aromatic N) is 2. The Bertz CT molecular complexity index is 636. The Kier molecular flexibility index (Phi) is 3.22. The van der Waals surface area contributed by atoms with Gasteiger partial charge in [-0.3, -0.25) is 4.79 Å². The van der Waals surface area contributed by atoms with Gasteiger partial charge in [-0.1, -0.05) is 6.92 Å². The van der Waals surface area contributed by atoms with Crippen LogP contribution >= 0.6 is 0 Å². The predicted molar refractivity (Wildman–Crippen MR) is 78.2 cm³/mol. The van der Waals surface area contributed by atoms with E-state index in [9.17, 15) is 4.79 Å². The molecule has 2 aromatic rings. The Morgan fingerprint density at radius 1 is 1.60 bits per heavy atom. The zero-order valence-corrected chi connectivity index (χ0v) is 11.7. The van der Waals surface area contributed by atoms with Crippen LogP contribution < -0.4 is 5.73 Å². The van der Waals surface area contributed by atoms with E-state index in [1.807, 2.05) is 23.2 Å². The maximum absolute atomic E-state index is 12.4. The van der Waals surface area contributed by atoms with Crippen LogP contribution in [0.15, 0.2) is 24.5 Å². The lowest BCUT2D eigenvalue weighted by molar-refractivity contribution is -0.129. The van der Waals surface area contributed by atoms with E-state index < -0.39 is 0 Å². The van der Waals surface area contributed by atoms with Crippen molar-refractivity contribution in [3.05, 3.63) is 30.1 Å². The van der Waals surface area contributed by atoms with Crippen molar-refractivity contribution >= 4 is 16.9 Å². The lowest BCUT2D eigenvalue weighted by Crippen LogP contribution is -2.35.